The van der Waals surface area contributed by atoms with Crippen molar-refractivity contribution in [1.82, 2.24) is 42.1 Å². The summed E-state index contributed by atoms with van der Waals surface area (Å²) in [5, 5.41) is 21.6. The summed E-state index contributed by atoms with van der Waals surface area (Å²) >= 11 is 0. The van der Waals surface area contributed by atoms with Gasteiger partial charge in [-0.25, -0.2) is 0 Å². The molecular formula is C52H80N8O7. The summed E-state index contributed by atoms with van der Waals surface area (Å²) in [5.74, 6) is -2.07. The molecule has 1 aliphatic carbocycles. The van der Waals surface area contributed by atoms with E-state index in [9.17, 15) is 33.6 Å². The maximum atomic E-state index is 14.6. The standard InChI is InChI=1S/C52H80N8O7/c1-13-40(57-47(63)33(6)53-11)32(5)55-42(49(65)56-31(4)30(2)3)24-25-44(61)37-20-16-21-38(28-37)45(62)27-35-26-43(50(66)58-41-23-17-19-36-18-14-15-22-39(36)41)60(29-35)51(67)46(52(8,9)10)59-48(64)34(7)54-12/h14-16,18,20-22,28,30-35,40-43,46,53-55H,13,17,19,23-27,29H2,1-12H3,(H,56,65)(H,57,63)(H,58,66)(H,59,64)/t31-,32?,33+,34+,35-,40+,41-,42+,43+,46-/m1/s1. The number of benzene rings is 2. The molecule has 0 bridgehead atoms. The number of nitrogens with one attached hydrogen (secondary N) is 7. The summed E-state index contributed by atoms with van der Waals surface area (Å²) in [5.41, 5.74) is 2.22. The lowest BCUT2D eigenvalue weighted by atomic mass is 9.85. The number of fused-ring (bicyclic) bond motifs is 1. The van der Waals surface area contributed by atoms with Crippen molar-refractivity contribution in [1.29, 1.82) is 0 Å². The van der Waals surface area contributed by atoms with E-state index in [2.05, 4.69) is 43.3 Å². The topological polar surface area (TPSA) is 207 Å². The van der Waals surface area contributed by atoms with Gasteiger partial charge in [-0.3, -0.25) is 33.6 Å². The van der Waals surface area contributed by atoms with Crippen LogP contribution < -0.4 is 37.2 Å². The van der Waals surface area contributed by atoms with Gasteiger partial charge in [0.25, 0.3) is 0 Å². The fraction of sp³-hybridized carbons (Fsp3) is 0.635. The first kappa shape index (κ1) is 54.6. The molecule has 370 valence electrons. The molecule has 1 saturated heterocycles. The second-order valence-corrected chi connectivity index (χ2v) is 20.3. The van der Waals surface area contributed by atoms with E-state index >= 15 is 0 Å². The summed E-state index contributed by atoms with van der Waals surface area (Å²) in [7, 11) is 3.38. The molecule has 1 fully saturated rings. The number of hydrogen-bond acceptors (Lipinski definition) is 10. The highest BCUT2D eigenvalue weighted by atomic mass is 16.2. The lowest BCUT2D eigenvalue weighted by Crippen LogP contribution is -2.59. The van der Waals surface area contributed by atoms with E-state index in [0.717, 1.165) is 24.8 Å². The normalized spacial score (nSPS) is 20.3. The zero-order valence-corrected chi connectivity index (χ0v) is 42.1. The van der Waals surface area contributed by atoms with Gasteiger partial charge in [-0.05, 0) is 115 Å². The molecule has 2 aromatic carbocycles. The SMILES string of the molecule is CC[C@H](NC(=O)[C@H](C)NC)C(C)N[C@@H](CCC(=O)c1cccc(C(=O)C[C@H]2C[C@@H](C(=O)N[C@@H]3CCCc4ccccc43)N(C(=O)[C@@H](NC(=O)[C@H](C)NC)C(C)(C)C)C2)c1)C(=O)N[C@H](C)C(C)C. The first-order chi connectivity index (χ1) is 31.6. The molecule has 2 aromatic rings. The Morgan fingerprint density at radius 2 is 1.39 bits per heavy atom. The Morgan fingerprint density at radius 1 is 0.761 bits per heavy atom. The number of hydrogen-bond donors (Lipinski definition) is 7. The summed E-state index contributed by atoms with van der Waals surface area (Å²) < 4.78 is 0. The third-order valence-corrected chi connectivity index (χ3v) is 13.9. The van der Waals surface area contributed by atoms with Crippen LogP contribution in [0.25, 0.3) is 0 Å². The third kappa shape index (κ3) is 15.0. The molecule has 1 aliphatic heterocycles. The second-order valence-electron chi connectivity index (χ2n) is 20.3. The molecule has 5 amide bonds. The molecule has 1 heterocycles. The van der Waals surface area contributed by atoms with Crippen LogP contribution in [-0.4, -0.2) is 115 Å². The lowest BCUT2D eigenvalue weighted by Gasteiger charge is -2.36. The molecule has 4 rings (SSSR count). The van der Waals surface area contributed by atoms with Gasteiger partial charge in [0, 0.05) is 48.6 Å². The molecule has 0 spiro atoms. The van der Waals surface area contributed by atoms with Crippen LogP contribution in [0.3, 0.4) is 0 Å². The predicted octanol–water partition coefficient (Wildman–Crippen LogP) is 4.78. The minimum atomic E-state index is -0.942. The van der Waals surface area contributed by atoms with Crippen molar-refractivity contribution in [2.45, 2.75) is 175 Å². The molecule has 2 aliphatic rings. The van der Waals surface area contributed by atoms with Crippen LogP contribution >= 0.6 is 0 Å². The highest BCUT2D eigenvalue weighted by molar-refractivity contribution is 6.02. The maximum absolute atomic E-state index is 14.6. The van der Waals surface area contributed by atoms with Gasteiger partial charge in [0.2, 0.25) is 29.5 Å². The first-order valence-electron chi connectivity index (χ1n) is 24.5. The van der Waals surface area contributed by atoms with Crippen molar-refractivity contribution in [3.8, 4) is 0 Å². The van der Waals surface area contributed by atoms with Crippen molar-refractivity contribution in [2.24, 2.45) is 17.3 Å². The molecular weight excluding hydrogens is 849 g/mol. The smallest absolute Gasteiger partial charge is 0.246 e. The van der Waals surface area contributed by atoms with Gasteiger partial charge in [-0.15, -0.1) is 0 Å². The fourth-order valence-corrected chi connectivity index (χ4v) is 8.85. The average Bonchev–Trinajstić information content (AvgIpc) is 3.73. The zero-order chi connectivity index (χ0) is 49.7. The van der Waals surface area contributed by atoms with Crippen molar-refractivity contribution in [3.63, 3.8) is 0 Å². The predicted molar refractivity (Wildman–Crippen MR) is 262 cm³/mol. The molecule has 0 radical (unpaired) electrons. The number of ketones is 2. The number of likely N-dealkylation sites (tertiary alicyclic amines) is 1. The Kier molecular flexibility index (Phi) is 20.3. The van der Waals surface area contributed by atoms with Crippen molar-refractivity contribution in [3.05, 3.63) is 70.8 Å². The number of likely N-dealkylation sites (N-methyl/N-ethyl adjacent to an activating group) is 2. The van der Waals surface area contributed by atoms with Gasteiger partial charge >= 0.3 is 0 Å². The molecule has 0 saturated carbocycles. The van der Waals surface area contributed by atoms with Crippen LogP contribution in [-0.2, 0) is 30.4 Å². The molecule has 67 heavy (non-hydrogen) atoms. The van der Waals surface area contributed by atoms with Gasteiger partial charge < -0.3 is 42.1 Å². The Hall–Kier alpha value is -4.99. The van der Waals surface area contributed by atoms with Crippen molar-refractivity contribution < 1.29 is 33.6 Å². The summed E-state index contributed by atoms with van der Waals surface area (Å²) in [6.07, 6.45) is 3.70. The van der Waals surface area contributed by atoms with Crippen molar-refractivity contribution in [2.75, 3.05) is 20.6 Å². The molecule has 1 unspecified atom stereocenters. The largest absolute Gasteiger partial charge is 0.352 e. The van der Waals surface area contributed by atoms with E-state index in [0.29, 0.717) is 17.5 Å². The summed E-state index contributed by atoms with van der Waals surface area (Å²) in [6, 6.07) is 10.3. The average molecular weight is 929 g/mol. The Balaban J connectivity index is 1.53. The van der Waals surface area contributed by atoms with Gasteiger partial charge in [-0.1, -0.05) is 84.0 Å². The highest BCUT2D eigenvalue weighted by Gasteiger charge is 2.46. The van der Waals surface area contributed by atoms with Crippen molar-refractivity contribution >= 4 is 41.1 Å². The van der Waals surface area contributed by atoms with E-state index < -0.39 is 35.6 Å². The highest BCUT2D eigenvalue weighted by Crippen LogP contribution is 2.34. The Labute approximate surface area is 399 Å². The minimum absolute atomic E-state index is 0.0198. The van der Waals surface area contributed by atoms with E-state index in [-0.39, 0.29) is 109 Å². The van der Waals surface area contributed by atoms with Crippen LogP contribution in [0.1, 0.15) is 152 Å². The molecule has 0 aromatic heterocycles. The van der Waals surface area contributed by atoms with Crippen LogP contribution in [0.4, 0.5) is 0 Å². The fourth-order valence-electron chi connectivity index (χ4n) is 8.85. The Bertz CT molecular complexity index is 2050. The number of Topliss-reactive ketones (excluding diaryl/α,β-unsaturated/α-hetero) is 2. The van der Waals surface area contributed by atoms with Gasteiger partial charge in [-0.2, -0.15) is 0 Å². The van der Waals surface area contributed by atoms with Gasteiger partial charge in [0.1, 0.15) is 12.1 Å². The van der Waals surface area contributed by atoms with Gasteiger partial charge in [0.15, 0.2) is 11.6 Å². The van der Waals surface area contributed by atoms with E-state index in [1.54, 1.807) is 57.1 Å². The molecule has 7 N–H and O–H groups in total. The number of carbonyl (C=O) groups excluding carboxylic acids is 7. The molecule has 15 nitrogen and oxygen atoms in total. The molecule has 15 heteroatoms. The van der Waals surface area contributed by atoms with Crippen LogP contribution in [0, 0.1) is 17.3 Å². The minimum Gasteiger partial charge on any atom is -0.352 e. The van der Waals surface area contributed by atoms with Gasteiger partial charge in [0.05, 0.1) is 24.2 Å². The number of rotatable bonds is 23. The quantitative estimate of drug-likeness (QED) is 0.0760. The number of aryl methyl sites for hydroxylation is 1. The third-order valence-electron chi connectivity index (χ3n) is 13.9. The lowest BCUT2D eigenvalue weighted by molar-refractivity contribution is -0.144. The summed E-state index contributed by atoms with van der Waals surface area (Å²) in [6.45, 7) is 19.1. The summed E-state index contributed by atoms with van der Waals surface area (Å²) in [4.78, 5) is 98.1. The van der Waals surface area contributed by atoms with E-state index in [1.165, 1.54) is 5.56 Å². The van der Waals surface area contributed by atoms with E-state index in [1.807, 2.05) is 73.6 Å². The second kappa shape index (κ2) is 24.9. The monoisotopic (exact) mass is 929 g/mol. The number of carbonyl (C=O) groups is 7. The van der Waals surface area contributed by atoms with E-state index in [4.69, 9.17) is 0 Å². The number of amides is 5. The van der Waals surface area contributed by atoms with Crippen LogP contribution in [0.5, 0.6) is 0 Å². The van der Waals surface area contributed by atoms with Crippen LogP contribution in [0.15, 0.2) is 48.5 Å². The molecule has 10 atom stereocenters. The van der Waals surface area contributed by atoms with Crippen LogP contribution in [0.2, 0.25) is 0 Å². The Morgan fingerprint density at radius 3 is 2.00 bits per heavy atom. The first-order valence-corrected chi connectivity index (χ1v) is 24.5. The zero-order valence-electron chi connectivity index (χ0n) is 42.1. The number of nitrogens with zero attached hydrogens (tertiary/aromatic N) is 1. The maximum Gasteiger partial charge on any atom is 0.246 e.